The van der Waals surface area contributed by atoms with E-state index >= 15 is 0 Å². The van der Waals surface area contributed by atoms with Gasteiger partial charge in [0, 0.05) is 42.3 Å². The van der Waals surface area contributed by atoms with Crippen LogP contribution in [0.4, 0.5) is 5.82 Å². The van der Waals surface area contributed by atoms with E-state index in [4.69, 9.17) is 4.74 Å². The van der Waals surface area contributed by atoms with E-state index in [0.717, 1.165) is 15.8 Å². The Kier molecular flexibility index (Phi) is 5.17. The molecule has 0 N–H and O–H groups in total. The van der Waals surface area contributed by atoms with Crippen LogP contribution in [-0.4, -0.2) is 54.3 Å². The average molecular weight is 438 g/mol. The number of amides is 1. The molecule has 126 valence electrons. The molecule has 1 unspecified atom stereocenters. The quantitative estimate of drug-likeness (QED) is 0.687. The Balaban J connectivity index is 1.58. The second kappa shape index (κ2) is 7.33. The average Bonchev–Trinajstić information content (AvgIpc) is 3.04. The molecule has 0 spiro atoms. The molecule has 24 heavy (non-hydrogen) atoms. The summed E-state index contributed by atoms with van der Waals surface area (Å²) in [5.41, 5.74) is 0.714. The number of ether oxygens (including phenoxy) is 1. The normalized spacial score (nSPS) is 17.0. The van der Waals surface area contributed by atoms with Gasteiger partial charge in [-0.25, -0.2) is 0 Å². The van der Waals surface area contributed by atoms with Crippen LogP contribution in [0.1, 0.15) is 16.8 Å². The number of hydrogen-bond donors (Lipinski definition) is 0. The predicted octanol–water partition coefficient (Wildman–Crippen LogP) is 2.44. The van der Waals surface area contributed by atoms with Crippen LogP contribution in [0.5, 0.6) is 5.88 Å². The molecule has 1 atom stereocenters. The van der Waals surface area contributed by atoms with Crippen molar-refractivity contribution in [3.63, 3.8) is 0 Å². The third kappa shape index (κ3) is 3.95. The lowest BCUT2D eigenvalue weighted by Crippen LogP contribution is -2.31. The van der Waals surface area contributed by atoms with Gasteiger partial charge in [0.15, 0.2) is 5.82 Å². The summed E-state index contributed by atoms with van der Waals surface area (Å²) in [5.74, 6) is 1.32. The summed E-state index contributed by atoms with van der Waals surface area (Å²) >= 11 is 2.23. The fourth-order valence-corrected chi connectivity index (χ4v) is 2.93. The topological polar surface area (TPSA) is 58.6 Å². The third-order valence-electron chi connectivity index (χ3n) is 3.90. The molecular formula is C17H19IN4O2. The van der Waals surface area contributed by atoms with E-state index in [2.05, 4.69) is 32.8 Å². The number of carbonyl (C=O) groups excluding carboxylic acids is 1. The second-order valence-corrected chi connectivity index (χ2v) is 7.16. The van der Waals surface area contributed by atoms with Gasteiger partial charge in [-0.2, -0.15) is 0 Å². The maximum absolute atomic E-state index is 12.5. The fourth-order valence-electron chi connectivity index (χ4n) is 2.57. The minimum absolute atomic E-state index is 0.0442. The Labute approximate surface area is 155 Å². The minimum Gasteiger partial charge on any atom is -0.471 e. The lowest BCUT2D eigenvalue weighted by molar-refractivity contribution is 0.0771. The molecule has 6 nitrogen and oxygen atoms in total. The van der Waals surface area contributed by atoms with Crippen LogP contribution < -0.4 is 9.64 Å². The molecule has 0 aliphatic carbocycles. The zero-order valence-electron chi connectivity index (χ0n) is 13.6. The molecule has 0 bridgehead atoms. The fraction of sp³-hybridized carbons (Fsp3) is 0.353. The number of nitrogens with zero attached hydrogens (tertiary/aromatic N) is 4. The Hall–Kier alpha value is -1.90. The van der Waals surface area contributed by atoms with E-state index in [-0.39, 0.29) is 12.0 Å². The summed E-state index contributed by atoms with van der Waals surface area (Å²) in [6, 6.07) is 11.3. The zero-order chi connectivity index (χ0) is 17.1. The SMILES string of the molecule is CN(C)c1ccc(OC2CCN(C(=O)c3ccc(I)cc3)C2)nn1. The van der Waals surface area contributed by atoms with Crippen molar-refractivity contribution in [1.82, 2.24) is 15.1 Å². The summed E-state index contributed by atoms with van der Waals surface area (Å²) in [4.78, 5) is 16.2. The summed E-state index contributed by atoms with van der Waals surface area (Å²) < 4.78 is 6.98. The van der Waals surface area contributed by atoms with Gasteiger partial charge in [-0.1, -0.05) is 0 Å². The molecule has 1 aliphatic rings. The largest absolute Gasteiger partial charge is 0.471 e. The van der Waals surface area contributed by atoms with Crippen molar-refractivity contribution in [3.8, 4) is 5.88 Å². The first kappa shape index (κ1) is 16.9. The predicted molar refractivity (Wildman–Crippen MR) is 100 cm³/mol. The standard InChI is InChI=1S/C17H19IN4O2/c1-21(2)15-7-8-16(20-19-15)24-14-9-10-22(11-14)17(23)12-3-5-13(18)6-4-12/h3-8,14H,9-11H2,1-2H3. The third-order valence-corrected chi connectivity index (χ3v) is 4.61. The molecule has 1 amide bonds. The van der Waals surface area contributed by atoms with Crippen LogP contribution >= 0.6 is 22.6 Å². The maximum atomic E-state index is 12.5. The van der Waals surface area contributed by atoms with E-state index in [1.54, 1.807) is 0 Å². The van der Waals surface area contributed by atoms with Gasteiger partial charge in [-0.05, 0) is 52.9 Å². The number of likely N-dealkylation sites (tertiary alicyclic amines) is 1. The Bertz CT molecular complexity index is 704. The van der Waals surface area contributed by atoms with E-state index in [0.29, 0.717) is 24.5 Å². The lowest BCUT2D eigenvalue weighted by Gasteiger charge is -2.17. The van der Waals surface area contributed by atoms with Crippen molar-refractivity contribution in [2.24, 2.45) is 0 Å². The molecule has 2 heterocycles. The van der Waals surface area contributed by atoms with Crippen molar-refractivity contribution in [3.05, 3.63) is 45.5 Å². The number of benzene rings is 1. The summed E-state index contributed by atoms with van der Waals surface area (Å²) in [6.07, 6.45) is 0.755. The summed E-state index contributed by atoms with van der Waals surface area (Å²) in [7, 11) is 3.82. The highest BCUT2D eigenvalue weighted by molar-refractivity contribution is 14.1. The van der Waals surface area contributed by atoms with Gasteiger partial charge < -0.3 is 14.5 Å². The van der Waals surface area contributed by atoms with E-state index in [9.17, 15) is 4.79 Å². The minimum atomic E-state index is -0.0442. The monoisotopic (exact) mass is 438 g/mol. The van der Waals surface area contributed by atoms with Crippen LogP contribution in [0.25, 0.3) is 0 Å². The van der Waals surface area contributed by atoms with E-state index < -0.39 is 0 Å². The first-order valence-electron chi connectivity index (χ1n) is 7.75. The molecule has 1 aliphatic heterocycles. The second-order valence-electron chi connectivity index (χ2n) is 5.91. The van der Waals surface area contributed by atoms with Crippen molar-refractivity contribution in [2.45, 2.75) is 12.5 Å². The summed E-state index contributed by atoms with van der Waals surface area (Å²) in [5, 5.41) is 8.18. The van der Waals surface area contributed by atoms with E-state index in [1.165, 1.54) is 0 Å². The van der Waals surface area contributed by atoms with Crippen LogP contribution in [0.3, 0.4) is 0 Å². The molecule has 0 radical (unpaired) electrons. The highest BCUT2D eigenvalue weighted by Gasteiger charge is 2.28. The lowest BCUT2D eigenvalue weighted by atomic mass is 10.2. The molecule has 7 heteroatoms. The van der Waals surface area contributed by atoms with Crippen molar-refractivity contribution in [2.75, 3.05) is 32.1 Å². The Morgan fingerprint density at radius 1 is 1.21 bits per heavy atom. The number of rotatable bonds is 4. The van der Waals surface area contributed by atoms with Crippen LogP contribution in [0, 0.1) is 3.57 Å². The van der Waals surface area contributed by atoms with Crippen molar-refractivity contribution < 1.29 is 9.53 Å². The highest BCUT2D eigenvalue weighted by Crippen LogP contribution is 2.19. The molecule has 1 aromatic heterocycles. The van der Waals surface area contributed by atoms with Gasteiger partial charge in [-0.15, -0.1) is 10.2 Å². The zero-order valence-corrected chi connectivity index (χ0v) is 15.8. The van der Waals surface area contributed by atoms with E-state index in [1.807, 2.05) is 60.3 Å². The molecule has 1 fully saturated rings. The van der Waals surface area contributed by atoms with Gasteiger partial charge in [-0.3, -0.25) is 4.79 Å². The van der Waals surface area contributed by atoms with Gasteiger partial charge >= 0.3 is 0 Å². The number of halogens is 1. The first-order chi connectivity index (χ1) is 11.5. The van der Waals surface area contributed by atoms with Gasteiger partial charge in [0.2, 0.25) is 5.88 Å². The number of hydrogen-bond acceptors (Lipinski definition) is 5. The van der Waals surface area contributed by atoms with Gasteiger partial charge in [0.1, 0.15) is 6.10 Å². The van der Waals surface area contributed by atoms with Gasteiger partial charge in [0.25, 0.3) is 5.91 Å². The number of carbonyl (C=O) groups is 1. The maximum Gasteiger partial charge on any atom is 0.253 e. The number of anilines is 1. The molecule has 1 aromatic carbocycles. The Morgan fingerprint density at radius 2 is 1.96 bits per heavy atom. The van der Waals surface area contributed by atoms with Gasteiger partial charge in [0.05, 0.1) is 6.54 Å². The number of aromatic nitrogens is 2. The molecular weight excluding hydrogens is 419 g/mol. The smallest absolute Gasteiger partial charge is 0.253 e. The van der Waals surface area contributed by atoms with Crippen LogP contribution in [0.15, 0.2) is 36.4 Å². The molecule has 3 rings (SSSR count). The highest BCUT2D eigenvalue weighted by atomic mass is 127. The Morgan fingerprint density at radius 3 is 2.58 bits per heavy atom. The first-order valence-corrected chi connectivity index (χ1v) is 8.83. The van der Waals surface area contributed by atoms with Crippen LogP contribution in [0.2, 0.25) is 0 Å². The van der Waals surface area contributed by atoms with Crippen LogP contribution in [-0.2, 0) is 0 Å². The molecule has 0 saturated carbocycles. The summed E-state index contributed by atoms with van der Waals surface area (Å²) in [6.45, 7) is 1.26. The molecule has 2 aromatic rings. The molecule has 1 saturated heterocycles. The van der Waals surface area contributed by atoms with Crippen molar-refractivity contribution >= 4 is 34.3 Å². The van der Waals surface area contributed by atoms with Crippen molar-refractivity contribution in [1.29, 1.82) is 0 Å².